The first kappa shape index (κ1) is 25.5. The summed E-state index contributed by atoms with van der Waals surface area (Å²) in [6, 6.07) is 8.53. The topological polar surface area (TPSA) is 66.0 Å². The van der Waals surface area contributed by atoms with Crippen LogP contribution in [0.3, 0.4) is 0 Å². The van der Waals surface area contributed by atoms with E-state index >= 15 is 0 Å². The number of halogens is 1. The fraction of sp³-hybridized carbons (Fsp3) is 0.636. The number of likely N-dealkylation sites (tertiary alicyclic amines) is 1. The molecule has 1 aromatic rings. The first-order valence-corrected chi connectivity index (χ1v) is 10.4. The number of amides is 1. The maximum Gasteiger partial charge on any atom is 0.225 e. The van der Waals surface area contributed by atoms with Crippen LogP contribution in [0.25, 0.3) is 0 Å². The second kappa shape index (κ2) is 12.9. The molecule has 1 aromatic carbocycles. The normalized spacial score (nSPS) is 15.3. The van der Waals surface area contributed by atoms with Crippen LogP contribution in [0, 0.1) is 5.92 Å². The molecule has 6 nitrogen and oxygen atoms in total. The van der Waals surface area contributed by atoms with Crippen molar-refractivity contribution in [2.75, 3.05) is 33.3 Å². The first-order chi connectivity index (χ1) is 13.4. The highest BCUT2D eigenvalue weighted by atomic mass is 127. The van der Waals surface area contributed by atoms with Crippen LogP contribution >= 0.6 is 24.0 Å². The Morgan fingerprint density at radius 3 is 2.45 bits per heavy atom. The number of ether oxygens (including phenoxy) is 1. The molecule has 0 bridgehead atoms. The van der Waals surface area contributed by atoms with E-state index in [9.17, 15) is 4.79 Å². The van der Waals surface area contributed by atoms with E-state index in [2.05, 4.69) is 35.5 Å². The lowest BCUT2D eigenvalue weighted by molar-refractivity contribution is -0.135. The number of guanidine groups is 1. The molecule has 0 spiro atoms. The summed E-state index contributed by atoms with van der Waals surface area (Å²) < 4.78 is 5.96. The number of nitrogens with zero attached hydrogens (tertiary/aromatic N) is 2. The monoisotopic (exact) mass is 516 g/mol. The largest absolute Gasteiger partial charge is 0.491 e. The van der Waals surface area contributed by atoms with E-state index in [1.54, 1.807) is 7.05 Å². The van der Waals surface area contributed by atoms with Gasteiger partial charge in [-0.1, -0.05) is 45.9 Å². The summed E-state index contributed by atoms with van der Waals surface area (Å²) in [6.07, 6.45) is 1.88. The smallest absolute Gasteiger partial charge is 0.225 e. The molecule has 0 radical (unpaired) electrons. The minimum atomic E-state index is 0. The summed E-state index contributed by atoms with van der Waals surface area (Å²) in [5, 5.41) is 6.79. The predicted octanol–water partition coefficient (Wildman–Crippen LogP) is 3.62. The van der Waals surface area contributed by atoms with Gasteiger partial charge in [-0.25, -0.2) is 0 Å². The molecule has 7 heteroatoms. The van der Waals surface area contributed by atoms with Crippen LogP contribution in [0.15, 0.2) is 29.3 Å². The second-order valence-electron chi connectivity index (χ2n) is 7.94. The fourth-order valence-corrected chi connectivity index (χ4v) is 3.42. The highest BCUT2D eigenvalue weighted by Crippen LogP contribution is 2.25. The van der Waals surface area contributed by atoms with Crippen LogP contribution in [0.5, 0.6) is 5.75 Å². The Hall–Kier alpha value is -1.51. The SMILES string of the molecule is CN=C(NCCOc1ccccc1C(C)C)NC1CCN(C(=O)C(C)C)CC1.I. The maximum atomic E-state index is 12.1. The zero-order valence-corrected chi connectivity index (χ0v) is 20.7. The van der Waals surface area contributed by atoms with E-state index in [0.29, 0.717) is 25.1 Å². The van der Waals surface area contributed by atoms with Crippen molar-refractivity contribution in [3.05, 3.63) is 29.8 Å². The van der Waals surface area contributed by atoms with Crippen LogP contribution in [-0.4, -0.2) is 56.1 Å². The van der Waals surface area contributed by atoms with E-state index < -0.39 is 0 Å². The Bertz CT molecular complexity index is 656. The highest BCUT2D eigenvalue weighted by Gasteiger charge is 2.24. The van der Waals surface area contributed by atoms with Crippen molar-refractivity contribution < 1.29 is 9.53 Å². The number of hydrogen-bond acceptors (Lipinski definition) is 3. The molecule has 2 rings (SSSR count). The van der Waals surface area contributed by atoms with Gasteiger partial charge in [0.25, 0.3) is 0 Å². The minimum absolute atomic E-state index is 0. The molecule has 29 heavy (non-hydrogen) atoms. The van der Waals surface area contributed by atoms with E-state index in [4.69, 9.17) is 4.74 Å². The molecule has 164 valence electrons. The molecule has 1 amide bonds. The minimum Gasteiger partial charge on any atom is -0.491 e. The van der Waals surface area contributed by atoms with Gasteiger partial charge >= 0.3 is 0 Å². The molecule has 1 heterocycles. The van der Waals surface area contributed by atoms with E-state index in [1.807, 2.05) is 36.9 Å². The van der Waals surface area contributed by atoms with E-state index in [-0.39, 0.29) is 35.8 Å². The number of hydrogen-bond donors (Lipinski definition) is 2. The van der Waals surface area contributed by atoms with Crippen molar-refractivity contribution in [3.8, 4) is 5.75 Å². The number of piperidine rings is 1. The van der Waals surface area contributed by atoms with Crippen LogP contribution in [0.4, 0.5) is 0 Å². The summed E-state index contributed by atoms with van der Waals surface area (Å²) in [5.41, 5.74) is 1.23. The molecule has 1 aliphatic heterocycles. The molecular weight excluding hydrogens is 479 g/mol. The summed E-state index contributed by atoms with van der Waals surface area (Å²) in [4.78, 5) is 18.4. The van der Waals surface area contributed by atoms with Gasteiger partial charge in [0.1, 0.15) is 12.4 Å². The van der Waals surface area contributed by atoms with Gasteiger partial charge in [-0.3, -0.25) is 9.79 Å². The summed E-state index contributed by atoms with van der Waals surface area (Å²) >= 11 is 0. The van der Waals surface area contributed by atoms with Gasteiger partial charge in [0.05, 0.1) is 6.54 Å². The number of carbonyl (C=O) groups excluding carboxylic acids is 1. The second-order valence-corrected chi connectivity index (χ2v) is 7.94. The lowest BCUT2D eigenvalue weighted by atomic mass is 10.0. The van der Waals surface area contributed by atoms with Gasteiger partial charge in [0.15, 0.2) is 5.96 Å². The third-order valence-electron chi connectivity index (χ3n) is 5.06. The lowest BCUT2D eigenvalue weighted by Gasteiger charge is -2.34. The lowest BCUT2D eigenvalue weighted by Crippen LogP contribution is -2.50. The molecule has 0 saturated carbocycles. The number of benzene rings is 1. The standard InChI is InChI=1S/C22H36N4O2.HI/c1-16(2)19-8-6-7-9-20(19)28-15-12-24-22(23-5)25-18-10-13-26(14-11-18)21(27)17(3)4;/h6-9,16-18H,10-15H2,1-5H3,(H2,23,24,25);1H. The summed E-state index contributed by atoms with van der Waals surface area (Å²) in [5.74, 6) is 2.49. The fourth-order valence-electron chi connectivity index (χ4n) is 3.42. The first-order valence-electron chi connectivity index (χ1n) is 10.4. The Labute approximate surface area is 192 Å². The van der Waals surface area contributed by atoms with Crippen LogP contribution < -0.4 is 15.4 Å². The molecule has 0 atom stereocenters. The molecule has 1 saturated heterocycles. The van der Waals surface area contributed by atoms with Crippen molar-refractivity contribution in [3.63, 3.8) is 0 Å². The molecular formula is C22H37IN4O2. The van der Waals surface area contributed by atoms with Gasteiger partial charge in [0.2, 0.25) is 5.91 Å². The average Bonchev–Trinajstić information content (AvgIpc) is 2.70. The van der Waals surface area contributed by atoms with Crippen molar-refractivity contribution in [2.24, 2.45) is 10.9 Å². The number of para-hydroxylation sites is 1. The molecule has 0 aromatic heterocycles. The van der Waals surface area contributed by atoms with Gasteiger partial charge < -0.3 is 20.3 Å². The van der Waals surface area contributed by atoms with Gasteiger partial charge in [0, 0.05) is 32.1 Å². The van der Waals surface area contributed by atoms with Crippen molar-refractivity contribution in [1.82, 2.24) is 15.5 Å². The number of nitrogens with one attached hydrogen (secondary N) is 2. The number of aliphatic imine (C=N–C) groups is 1. The highest BCUT2D eigenvalue weighted by molar-refractivity contribution is 14.0. The zero-order chi connectivity index (χ0) is 20.5. The summed E-state index contributed by atoms with van der Waals surface area (Å²) in [6.45, 7) is 11.1. The number of rotatable bonds is 7. The average molecular weight is 516 g/mol. The van der Waals surface area contributed by atoms with E-state index in [0.717, 1.165) is 37.6 Å². The Morgan fingerprint density at radius 1 is 1.21 bits per heavy atom. The third kappa shape index (κ3) is 8.03. The maximum absolute atomic E-state index is 12.1. The Kier molecular flexibility index (Phi) is 11.4. The molecule has 1 aliphatic rings. The van der Waals surface area contributed by atoms with Crippen molar-refractivity contribution in [2.45, 2.75) is 52.5 Å². The molecule has 1 fully saturated rings. The van der Waals surface area contributed by atoms with Crippen LogP contribution in [0.2, 0.25) is 0 Å². The van der Waals surface area contributed by atoms with Gasteiger partial charge in [-0.15, -0.1) is 24.0 Å². The Balaban J connectivity index is 0.00000420. The zero-order valence-electron chi connectivity index (χ0n) is 18.4. The van der Waals surface area contributed by atoms with Gasteiger partial charge in [-0.2, -0.15) is 0 Å². The van der Waals surface area contributed by atoms with Crippen molar-refractivity contribution >= 4 is 35.8 Å². The summed E-state index contributed by atoms with van der Waals surface area (Å²) in [7, 11) is 1.78. The predicted molar refractivity (Wildman–Crippen MR) is 130 cm³/mol. The Morgan fingerprint density at radius 2 is 1.86 bits per heavy atom. The number of carbonyl (C=O) groups is 1. The van der Waals surface area contributed by atoms with Gasteiger partial charge in [-0.05, 0) is 30.4 Å². The van der Waals surface area contributed by atoms with Crippen LogP contribution in [-0.2, 0) is 4.79 Å². The van der Waals surface area contributed by atoms with Crippen molar-refractivity contribution in [1.29, 1.82) is 0 Å². The molecule has 0 aliphatic carbocycles. The quantitative estimate of drug-likeness (QED) is 0.252. The molecule has 2 N–H and O–H groups in total. The third-order valence-corrected chi connectivity index (χ3v) is 5.06. The molecule has 0 unspecified atom stereocenters. The van der Waals surface area contributed by atoms with E-state index in [1.165, 1.54) is 5.56 Å². The van der Waals surface area contributed by atoms with Crippen LogP contribution in [0.1, 0.15) is 52.0 Å².